The summed E-state index contributed by atoms with van der Waals surface area (Å²) in [5.41, 5.74) is 0.976. The summed E-state index contributed by atoms with van der Waals surface area (Å²) in [4.78, 5) is 28.3. The van der Waals surface area contributed by atoms with E-state index in [4.69, 9.17) is 4.74 Å². The van der Waals surface area contributed by atoms with Gasteiger partial charge in [-0.05, 0) is 17.7 Å². The Balaban J connectivity index is 1.60. The highest BCUT2D eigenvalue weighted by Crippen LogP contribution is 2.10. The van der Waals surface area contributed by atoms with E-state index in [2.05, 4.69) is 10.3 Å². The third kappa shape index (κ3) is 3.88. The van der Waals surface area contributed by atoms with E-state index in [1.807, 2.05) is 30.3 Å². The summed E-state index contributed by atoms with van der Waals surface area (Å²) in [6, 6.07) is 12.8. The molecule has 122 valence electrons. The quantitative estimate of drug-likeness (QED) is 0.697. The fourth-order valence-corrected chi connectivity index (χ4v) is 2.69. The molecule has 0 fully saturated rings. The van der Waals surface area contributed by atoms with Crippen molar-refractivity contribution in [3.8, 4) is 5.13 Å². The Morgan fingerprint density at radius 3 is 2.79 bits per heavy atom. The summed E-state index contributed by atoms with van der Waals surface area (Å²) >= 11 is 1.36. The number of rotatable bonds is 6. The lowest BCUT2D eigenvalue weighted by molar-refractivity contribution is -0.142. The molecule has 1 aromatic carbocycles. The van der Waals surface area contributed by atoms with Crippen molar-refractivity contribution < 1.29 is 9.53 Å². The molecule has 2 heterocycles. The molecular weight excluding hydrogens is 326 g/mol. The monoisotopic (exact) mass is 341 g/mol. The van der Waals surface area contributed by atoms with Crippen molar-refractivity contribution in [3.63, 3.8) is 0 Å². The van der Waals surface area contributed by atoms with Crippen molar-refractivity contribution in [1.82, 2.24) is 9.55 Å². The summed E-state index contributed by atoms with van der Waals surface area (Å²) in [5.74, 6) is -0.428. The number of hydrogen-bond donors (Lipinski definition) is 1. The van der Waals surface area contributed by atoms with Gasteiger partial charge in [-0.2, -0.15) is 0 Å². The molecule has 7 heteroatoms. The first kappa shape index (κ1) is 15.9. The summed E-state index contributed by atoms with van der Waals surface area (Å²) in [7, 11) is 0. The lowest BCUT2D eigenvalue weighted by Gasteiger charge is -2.08. The SMILES string of the molecule is O=C(CNc1cccn(-c2nccs2)c1=O)OCc1ccccc1. The van der Waals surface area contributed by atoms with Gasteiger partial charge in [0.2, 0.25) is 0 Å². The van der Waals surface area contributed by atoms with Gasteiger partial charge in [-0.3, -0.25) is 14.2 Å². The Labute approximate surface area is 142 Å². The van der Waals surface area contributed by atoms with Crippen molar-refractivity contribution in [1.29, 1.82) is 0 Å². The molecular formula is C17H15N3O3S. The fraction of sp³-hybridized carbons (Fsp3) is 0.118. The Bertz CT molecular complexity index is 860. The van der Waals surface area contributed by atoms with Crippen LogP contribution < -0.4 is 10.9 Å². The molecule has 0 aliphatic heterocycles. The number of benzene rings is 1. The molecule has 3 rings (SSSR count). The van der Waals surface area contributed by atoms with E-state index in [1.54, 1.807) is 29.9 Å². The van der Waals surface area contributed by atoms with Gasteiger partial charge in [-0.1, -0.05) is 30.3 Å². The van der Waals surface area contributed by atoms with Crippen molar-refractivity contribution in [3.05, 3.63) is 76.2 Å². The molecule has 6 nitrogen and oxygen atoms in total. The van der Waals surface area contributed by atoms with Gasteiger partial charge in [0.15, 0.2) is 5.13 Å². The van der Waals surface area contributed by atoms with Crippen LogP contribution in [0.3, 0.4) is 0 Å². The normalized spacial score (nSPS) is 10.3. The number of hydrogen-bond acceptors (Lipinski definition) is 6. The lowest BCUT2D eigenvalue weighted by Crippen LogP contribution is -2.25. The zero-order valence-electron chi connectivity index (χ0n) is 12.7. The predicted molar refractivity (Wildman–Crippen MR) is 92.4 cm³/mol. The van der Waals surface area contributed by atoms with Crippen LogP contribution in [0.15, 0.2) is 65.0 Å². The largest absolute Gasteiger partial charge is 0.460 e. The standard InChI is InChI=1S/C17H15N3O3S/c21-15(23-12-13-5-2-1-3-6-13)11-19-14-7-4-9-20(16(14)22)17-18-8-10-24-17/h1-10,19H,11-12H2. The molecule has 3 aromatic rings. The minimum atomic E-state index is -0.428. The van der Waals surface area contributed by atoms with E-state index >= 15 is 0 Å². The van der Waals surface area contributed by atoms with Crippen LogP contribution >= 0.6 is 11.3 Å². The van der Waals surface area contributed by atoms with Gasteiger partial charge < -0.3 is 10.1 Å². The van der Waals surface area contributed by atoms with Gasteiger partial charge in [0.1, 0.15) is 18.8 Å². The first-order chi connectivity index (χ1) is 11.7. The number of carbonyl (C=O) groups is 1. The van der Waals surface area contributed by atoms with Crippen molar-refractivity contribution in [2.75, 3.05) is 11.9 Å². The highest BCUT2D eigenvalue weighted by Gasteiger charge is 2.09. The second kappa shape index (κ2) is 7.56. The number of anilines is 1. The van der Waals surface area contributed by atoms with Crippen molar-refractivity contribution in [2.45, 2.75) is 6.61 Å². The number of nitrogens with one attached hydrogen (secondary N) is 1. The first-order valence-corrected chi connectivity index (χ1v) is 8.17. The third-order valence-corrected chi connectivity index (χ3v) is 4.01. The third-order valence-electron chi connectivity index (χ3n) is 3.24. The Morgan fingerprint density at radius 2 is 2.04 bits per heavy atom. The van der Waals surface area contributed by atoms with Crippen LogP contribution in [0.25, 0.3) is 5.13 Å². The first-order valence-electron chi connectivity index (χ1n) is 7.29. The molecule has 0 bridgehead atoms. The minimum Gasteiger partial charge on any atom is -0.460 e. The summed E-state index contributed by atoms with van der Waals surface area (Å²) in [5, 5.41) is 5.19. The number of ether oxygens (including phenoxy) is 1. The molecule has 0 aliphatic rings. The average Bonchev–Trinajstić information content (AvgIpc) is 3.14. The maximum absolute atomic E-state index is 12.4. The maximum atomic E-state index is 12.4. The van der Waals surface area contributed by atoms with Gasteiger partial charge in [0.25, 0.3) is 5.56 Å². The molecule has 0 saturated heterocycles. The van der Waals surface area contributed by atoms with Crippen LogP contribution in [0, 0.1) is 0 Å². The second-order valence-electron chi connectivity index (χ2n) is 4.91. The van der Waals surface area contributed by atoms with Crippen LogP contribution in [-0.2, 0) is 16.1 Å². The molecule has 0 radical (unpaired) electrons. The van der Waals surface area contributed by atoms with Crippen molar-refractivity contribution in [2.24, 2.45) is 0 Å². The minimum absolute atomic E-state index is 0.0794. The molecule has 0 aliphatic carbocycles. The molecule has 2 aromatic heterocycles. The van der Waals surface area contributed by atoms with E-state index in [0.717, 1.165) is 5.56 Å². The topological polar surface area (TPSA) is 73.2 Å². The second-order valence-corrected chi connectivity index (χ2v) is 5.78. The number of carbonyl (C=O) groups excluding carboxylic acids is 1. The Kier molecular flexibility index (Phi) is 5.02. The van der Waals surface area contributed by atoms with Gasteiger partial charge >= 0.3 is 5.97 Å². The average molecular weight is 341 g/mol. The maximum Gasteiger partial charge on any atom is 0.325 e. The van der Waals surface area contributed by atoms with E-state index in [9.17, 15) is 9.59 Å². The lowest BCUT2D eigenvalue weighted by atomic mass is 10.2. The number of pyridine rings is 1. The van der Waals surface area contributed by atoms with E-state index in [1.165, 1.54) is 15.9 Å². The van der Waals surface area contributed by atoms with E-state index in [-0.39, 0.29) is 18.7 Å². The number of thiazole rings is 1. The molecule has 0 unspecified atom stereocenters. The van der Waals surface area contributed by atoms with Gasteiger partial charge in [-0.25, -0.2) is 4.98 Å². The Morgan fingerprint density at radius 1 is 1.21 bits per heavy atom. The molecule has 24 heavy (non-hydrogen) atoms. The van der Waals surface area contributed by atoms with Crippen LogP contribution in [-0.4, -0.2) is 22.1 Å². The number of aromatic nitrogens is 2. The van der Waals surface area contributed by atoms with Crippen LogP contribution in [0.2, 0.25) is 0 Å². The van der Waals surface area contributed by atoms with Crippen molar-refractivity contribution >= 4 is 23.0 Å². The molecule has 0 saturated carbocycles. The van der Waals surface area contributed by atoms with Gasteiger partial charge in [0, 0.05) is 17.8 Å². The Hall–Kier alpha value is -2.93. The van der Waals surface area contributed by atoms with Crippen LogP contribution in [0.4, 0.5) is 5.69 Å². The number of nitrogens with zero attached hydrogens (tertiary/aromatic N) is 2. The zero-order valence-corrected chi connectivity index (χ0v) is 13.5. The highest BCUT2D eigenvalue weighted by atomic mass is 32.1. The van der Waals surface area contributed by atoms with Gasteiger partial charge in [-0.15, -0.1) is 11.3 Å². The van der Waals surface area contributed by atoms with Crippen LogP contribution in [0.1, 0.15) is 5.56 Å². The molecule has 1 N–H and O–H groups in total. The van der Waals surface area contributed by atoms with Gasteiger partial charge in [0.05, 0.1) is 0 Å². The summed E-state index contributed by atoms with van der Waals surface area (Å²) in [6.45, 7) is 0.128. The highest BCUT2D eigenvalue weighted by molar-refractivity contribution is 7.12. The molecule has 0 spiro atoms. The fourth-order valence-electron chi connectivity index (χ4n) is 2.07. The molecule has 0 amide bonds. The summed E-state index contributed by atoms with van der Waals surface area (Å²) < 4.78 is 6.60. The smallest absolute Gasteiger partial charge is 0.325 e. The zero-order chi connectivity index (χ0) is 16.8. The van der Waals surface area contributed by atoms with E-state index < -0.39 is 5.97 Å². The number of esters is 1. The predicted octanol–water partition coefficient (Wildman–Crippen LogP) is 2.45. The molecule has 0 atom stereocenters. The van der Waals surface area contributed by atoms with E-state index in [0.29, 0.717) is 10.8 Å². The summed E-state index contributed by atoms with van der Waals surface area (Å²) in [6.07, 6.45) is 3.27. The van der Waals surface area contributed by atoms with Crippen LogP contribution in [0.5, 0.6) is 0 Å².